The second-order valence-electron chi connectivity index (χ2n) is 4.16. The molecule has 0 bridgehead atoms. The van der Waals surface area contributed by atoms with Gasteiger partial charge in [0.1, 0.15) is 6.61 Å². The molecule has 0 saturated carbocycles. The summed E-state index contributed by atoms with van der Waals surface area (Å²) in [6.07, 6.45) is 0. The minimum atomic E-state index is -3.65. The van der Waals surface area contributed by atoms with Crippen LogP contribution in [0.2, 0.25) is 0 Å². The van der Waals surface area contributed by atoms with E-state index in [2.05, 4.69) is 11.8 Å². The van der Waals surface area contributed by atoms with Crippen LogP contribution >= 0.6 is 0 Å². The monoisotopic (exact) mass is 297 g/mol. The molecular weight excluding hydrogens is 278 g/mol. The fourth-order valence-electron chi connectivity index (χ4n) is 1.80. The van der Waals surface area contributed by atoms with Crippen LogP contribution in [0.15, 0.2) is 23.1 Å². The second kappa shape index (κ2) is 7.41. The van der Waals surface area contributed by atoms with Crippen molar-refractivity contribution in [2.45, 2.75) is 18.7 Å². The number of likely N-dealkylation sites (N-methyl/N-ethyl adjacent to an activating group) is 1. The molecule has 0 radical (unpaired) electrons. The summed E-state index contributed by atoms with van der Waals surface area (Å²) in [5, 5.41) is 17.6. The molecular formula is C14H19NO4S. The van der Waals surface area contributed by atoms with E-state index in [9.17, 15) is 8.42 Å². The molecule has 0 spiro atoms. The molecule has 0 heterocycles. The van der Waals surface area contributed by atoms with Crippen LogP contribution in [0, 0.1) is 18.8 Å². The molecule has 1 aromatic rings. The van der Waals surface area contributed by atoms with Crippen LogP contribution in [0.5, 0.6) is 0 Å². The molecule has 1 aromatic carbocycles. The van der Waals surface area contributed by atoms with E-state index in [-0.39, 0.29) is 31.2 Å². The Labute approximate surface area is 119 Å². The van der Waals surface area contributed by atoms with E-state index >= 15 is 0 Å². The summed E-state index contributed by atoms with van der Waals surface area (Å²) in [5.41, 5.74) is 1.15. The lowest BCUT2D eigenvalue weighted by Gasteiger charge is -2.20. The number of benzene rings is 1. The number of aryl methyl sites for hydroxylation is 1. The fraction of sp³-hybridized carbons (Fsp3) is 0.429. The van der Waals surface area contributed by atoms with Gasteiger partial charge in [0, 0.05) is 18.7 Å². The van der Waals surface area contributed by atoms with E-state index in [0.29, 0.717) is 11.1 Å². The SMILES string of the molecule is CCN(CCO)S(=O)(=O)c1cc(C#CCO)ccc1C. The topological polar surface area (TPSA) is 77.8 Å². The molecule has 0 fully saturated rings. The Bertz CT molecular complexity index is 614. The molecule has 0 unspecified atom stereocenters. The molecule has 0 amide bonds. The molecule has 0 saturated heterocycles. The van der Waals surface area contributed by atoms with Gasteiger partial charge < -0.3 is 10.2 Å². The van der Waals surface area contributed by atoms with Crippen molar-refractivity contribution in [1.29, 1.82) is 0 Å². The van der Waals surface area contributed by atoms with Crippen molar-refractivity contribution in [3.05, 3.63) is 29.3 Å². The van der Waals surface area contributed by atoms with Crippen molar-refractivity contribution in [2.75, 3.05) is 26.3 Å². The van der Waals surface area contributed by atoms with Gasteiger partial charge in [-0.05, 0) is 24.6 Å². The van der Waals surface area contributed by atoms with Crippen molar-refractivity contribution in [3.63, 3.8) is 0 Å². The summed E-state index contributed by atoms with van der Waals surface area (Å²) in [4.78, 5) is 0.178. The van der Waals surface area contributed by atoms with Gasteiger partial charge >= 0.3 is 0 Å². The van der Waals surface area contributed by atoms with Gasteiger partial charge in [0.15, 0.2) is 0 Å². The van der Waals surface area contributed by atoms with E-state index in [0.717, 1.165) is 0 Å². The summed E-state index contributed by atoms with van der Waals surface area (Å²) >= 11 is 0. The molecule has 0 aromatic heterocycles. The summed E-state index contributed by atoms with van der Waals surface area (Å²) < 4.78 is 26.3. The predicted molar refractivity (Wildman–Crippen MR) is 76.7 cm³/mol. The lowest BCUT2D eigenvalue weighted by atomic mass is 10.1. The Morgan fingerprint density at radius 1 is 1.30 bits per heavy atom. The van der Waals surface area contributed by atoms with E-state index in [4.69, 9.17) is 10.2 Å². The van der Waals surface area contributed by atoms with Gasteiger partial charge in [-0.25, -0.2) is 8.42 Å². The highest BCUT2D eigenvalue weighted by Crippen LogP contribution is 2.21. The van der Waals surface area contributed by atoms with Crippen LogP contribution in [0.3, 0.4) is 0 Å². The number of nitrogens with zero attached hydrogens (tertiary/aromatic N) is 1. The maximum atomic E-state index is 12.5. The molecule has 0 aliphatic heterocycles. The molecule has 0 aliphatic rings. The third-order valence-corrected chi connectivity index (χ3v) is 4.94. The van der Waals surface area contributed by atoms with Crippen LogP contribution in [-0.4, -0.2) is 49.2 Å². The Kier molecular flexibility index (Phi) is 6.17. The predicted octanol–water partition coefficient (Wildman–Crippen LogP) is 0.342. The summed E-state index contributed by atoms with van der Waals surface area (Å²) in [6.45, 7) is 3.28. The van der Waals surface area contributed by atoms with E-state index in [1.54, 1.807) is 26.0 Å². The van der Waals surface area contributed by atoms with Crippen LogP contribution < -0.4 is 0 Å². The first-order valence-corrected chi connectivity index (χ1v) is 7.72. The average Bonchev–Trinajstić information content (AvgIpc) is 2.43. The Morgan fingerprint density at radius 2 is 2.00 bits per heavy atom. The van der Waals surface area contributed by atoms with Gasteiger partial charge in [-0.3, -0.25) is 0 Å². The van der Waals surface area contributed by atoms with Crippen molar-refractivity contribution in [1.82, 2.24) is 4.31 Å². The van der Waals surface area contributed by atoms with Gasteiger partial charge in [0.25, 0.3) is 0 Å². The summed E-state index contributed by atoms with van der Waals surface area (Å²) in [6, 6.07) is 4.88. The van der Waals surface area contributed by atoms with Crippen LogP contribution in [-0.2, 0) is 10.0 Å². The molecule has 0 aliphatic carbocycles. The van der Waals surface area contributed by atoms with Crippen LogP contribution in [0.1, 0.15) is 18.1 Å². The highest BCUT2D eigenvalue weighted by Gasteiger charge is 2.24. The van der Waals surface area contributed by atoms with Crippen molar-refractivity contribution < 1.29 is 18.6 Å². The molecule has 110 valence electrons. The Hall–Kier alpha value is -1.39. The first kappa shape index (κ1) is 16.7. The Morgan fingerprint density at radius 3 is 2.55 bits per heavy atom. The highest BCUT2D eigenvalue weighted by molar-refractivity contribution is 7.89. The molecule has 2 N–H and O–H groups in total. The standard InChI is InChI=1S/C14H19NO4S/c1-3-15(8-10-17)20(18,19)14-11-13(5-4-9-16)7-6-12(14)2/h6-7,11,16-17H,3,8-10H2,1-2H3. The number of hydrogen-bond donors (Lipinski definition) is 2. The first-order chi connectivity index (χ1) is 9.47. The third-order valence-electron chi connectivity index (χ3n) is 2.82. The minimum absolute atomic E-state index is 0.0603. The number of sulfonamides is 1. The average molecular weight is 297 g/mol. The second-order valence-corrected chi connectivity index (χ2v) is 6.07. The zero-order chi connectivity index (χ0) is 15.2. The fourth-order valence-corrected chi connectivity index (χ4v) is 3.49. The first-order valence-electron chi connectivity index (χ1n) is 6.28. The largest absolute Gasteiger partial charge is 0.395 e. The summed E-state index contributed by atoms with van der Waals surface area (Å²) in [5.74, 6) is 5.18. The lowest BCUT2D eigenvalue weighted by Crippen LogP contribution is -2.33. The highest BCUT2D eigenvalue weighted by atomic mass is 32.2. The third kappa shape index (κ3) is 3.81. The van der Waals surface area contributed by atoms with Gasteiger partial charge in [-0.1, -0.05) is 24.8 Å². The lowest BCUT2D eigenvalue weighted by molar-refractivity contribution is 0.257. The zero-order valence-electron chi connectivity index (χ0n) is 11.6. The van der Waals surface area contributed by atoms with Crippen LogP contribution in [0.25, 0.3) is 0 Å². The van der Waals surface area contributed by atoms with Crippen molar-refractivity contribution in [3.8, 4) is 11.8 Å². The molecule has 1 rings (SSSR count). The van der Waals surface area contributed by atoms with E-state index < -0.39 is 10.0 Å². The Balaban J connectivity index is 3.29. The normalized spacial score (nSPS) is 11.2. The quantitative estimate of drug-likeness (QED) is 0.768. The smallest absolute Gasteiger partial charge is 0.243 e. The summed E-state index contributed by atoms with van der Waals surface area (Å²) in [7, 11) is -3.65. The molecule has 6 heteroatoms. The van der Waals surface area contributed by atoms with Crippen molar-refractivity contribution >= 4 is 10.0 Å². The number of aliphatic hydroxyl groups excluding tert-OH is 2. The molecule has 0 atom stereocenters. The maximum Gasteiger partial charge on any atom is 0.243 e. The maximum absolute atomic E-state index is 12.5. The number of aliphatic hydroxyl groups is 2. The van der Waals surface area contributed by atoms with Gasteiger partial charge in [0.2, 0.25) is 10.0 Å². The van der Waals surface area contributed by atoms with Gasteiger partial charge in [-0.2, -0.15) is 4.31 Å². The molecule has 5 nitrogen and oxygen atoms in total. The van der Waals surface area contributed by atoms with Gasteiger partial charge in [0.05, 0.1) is 11.5 Å². The number of rotatable bonds is 5. The van der Waals surface area contributed by atoms with Crippen molar-refractivity contribution in [2.24, 2.45) is 0 Å². The van der Waals surface area contributed by atoms with Crippen LogP contribution in [0.4, 0.5) is 0 Å². The van der Waals surface area contributed by atoms with Gasteiger partial charge in [-0.15, -0.1) is 0 Å². The minimum Gasteiger partial charge on any atom is -0.395 e. The van der Waals surface area contributed by atoms with E-state index in [1.807, 2.05) is 0 Å². The van der Waals surface area contributed by atoms with E-state index in [1.165, 1.54) is 10.4 Å². The number of hydrogen-bond acceptors (Lipinski definition) is 4. The zero-order valence-corrected chi connectivity index (χ0v) is 12.4. The molecule has 20 heavy (non-hydrogen) atoms.